The van der Waals surface area contributed by atoms with E-state index in [9.17, 15) is 13.6 Å². The van der Waals surface area contributed by atoms with Crippen LogP contribution in [0.4, 0.5) is 8.78 Å². The van der Waals surface area contributed by atoms with Crippen molar-refractivity contribution >= 4 is 28.5 Å². The second-order valence-electron chi connectivity index (χ2n) is 3.85. The zero-order valence-electron chi connectivity index (χ0n) is 8.98. The van der Waals surface area contributed by atoms with Gasteiger partial charge in [0.25, 0.3) is 5.91 Å². The number of nitrogens with one attached hydrogen (secondary N) is 1. The first-order valence-electron chi connectivity index (χ1n) is 4.84. The lowest BCUT2D eigenvalue weighted by molar-refractivity contribution is 0.0945. The average Bonchev–Trinajstić information content (AvgIpc) is 2.20. The molecule has 1 aromatic carbocycles. The average molecular weight is 339 g/mol. The minimum atomic E-state index is -0.834. The van der Waals surface area contributed by atoms with E-state index in [2.05, 4.69) is 5.32 Å². The van der Waals surface area contributed by atoms with Crippen molar-refractivity contribution in [3.05, 3.63) is 32.9 Å². The van der Waals surface area contributed by atoms with E-state index in [0.717, 1.165) is 6.07 Å². The fourth-order valence-electron chi connectivity index (χ4n) is 1.09. The lowest BCUT2D eigenvalue weighted by atomic mass is 10.1. The number of halogens is 3. The van der Waals surface area contributed by atoms with Gasteiger partial charge in [0.15, 0.2) is 0 Å². The summed E-state index contributed by atoms with van der Waals surface area (Å²) in [6.45, 7) is 4.34. The maximum Gasteiger partial charge on any atom is 0.254 e. The molecule has 1 aromatic rings. The molecule has 2 nitrogen and oxygen atoms in total. The molecule has 0 saturated heterocycles. The third kappa shape index (κ3) is 3.40. The molecule has 0 aromatic heterocycles. The fraction of sp³-hybridized carbons (Fsp3) is 0.364. The SMILES string of the molecule is CC(C)CNC(=O)c1cc(I)c(F)cc1F. The van der Waals surface area contributed by atoms with Crippen LogP contribution < -0.4 is 5.32 Å². The molecule has 0 aliphatic rings. The van der Waals surface area contributed by atoms with Crippen LogP contribution in [-0.4, -0.2) is 12.5 Å². The molecule has 1 N–H and O–H groups in total. The minimum Gasteiger partial charge on any atom is -0.352 e. The minimum absolute atomic E-state index is 0.119. The topological polar surface area (TPSA) is 29.1 Å². The molecule has 0 aliphatic carbocycles. The molecular formula is C11H12F2INO. The van der Waals surface area contributed by atoms with Gasteiger partial charge in [0.2, 0.25) is 0 Å². The van der Waals surface area contributed by atoms with Crippen LogP contribution in [0.3, 0.4) is 0 Å². The van der Waals surface area contributed by atoms with Crippen molar-refractivity contribution in [2.75, 3.05) is 6.54 Å². The van der Waals surface area contributed by atoms with E-state index >= 15 is 0 Å². The van der Waals surface area contributed by atoms with Gasteiger partial charge in [-0.1, -0.05) is 13.8 Å². The van der Waals surface area contributed by atoms with Crippen molar-refractivity contribution < 1.29 is 13.6 Å². The van der Waals surface area contributed by atoms with E-state index in [0.29, 0.717) is 6.54 Å². The Kier molecular flexibility index (Phi) is 4.64. The summed E-state index contributed by atoms with van der Waals surface area (Å²) >= 11 is 1.72. The fourth-order valence-corrected chi connectivity index (χ4v) is 1.56. The van der Waals surface area contributed by atoms with Crippen LogP contribution in [0.25, 0.3) is 0 Å². The molecule has 5 heteroatoms. The summed E-state index contributed by atoms with van der Waals surface area (Å²) in [6.07, 6.45) is 0. The Balaban J connectivity index is 2.87. The van der Waals surface area contributed by atoms with Crippen molar-refractivity contribution in [1.82, 2.24) is 5.32 Å². The largest absolute Gasteiger partial charge is 0.352 e. The second-order valence-corrected chi connectivity index (χ2v) is 5.01. The van der Waals surface area contributed by atoms with Gasteiger partial charge in [0.05, 0.1) is 5.56 Å². The molecule has 1 rings (SSSR count). The zero-order valence-corrected chi connectivity index (χ0v) is 11.1. The Hall–Kier alpha value is -0.720. The monoisotopic (exact) mass is 339 g/mol. The number of hydrogen-bond acceptors (Lipinski definition) is 1. The van der Waals surface area contributed by atoms with Gasteiger partial charge in [0.1, 0.15) is 11.6 Å². The van der Waals surface area contributed by atoms with E-state index < -0.39 is 17.5 Å². The molecule has 0 spiro atoms. The normalized spacial score (nSPS) is 10.6. The molecule has 0 saturated carbocycles. The van der Waals surface area contributed by atoms with Crippen LogP contribution in [0.1, 0.15) is 24.2 Å². The quantitative estimate of drug-likeness (QED) is 0.666. The van der Waals surface area contributed by atoms with Crippen LogP contribution in [-0.2, 0) is 0 Å². The first-order valence-corrected chi connectivity index (χ1v) is 5.92. The predicted octanol–water partition coefficient (Wildman–Crippen LogP) is 2.96. The predicted molar refractivity (Wildman–Crippen MR) is 66.2 cm³/mol. The Morgan fingerprint density at radius 3 is 2.56 bits per heavy atom. The highest BCUT2D eigenvalue weighted by molar-refractivity contribution is 14.1. The molecule has 0 atom stereocenters. The third-order valence-electron chi connectivity index (χ3n) is 1.93. The Morgan fingerprint density at radius 1 is 1.38 bits per heavy atom. The summed E-state index contributed by atoms with van der Waals surface area (Å²) in [5.41, 5.74) is -0.119. The summed E-state index contributed by atoms with van der Waals surface area (Å²) < 4.78 is 26.5. The molecule has 0 heterocycles. The summed E-state index contributed by atoms with van der Waals surface area (Å²) in [5, 5.41) is 2.58. The Labute approximate surface area is 107 Å². The van der Waals surface area contributed by atoms with Crippen molar-refractivity contribution in [3.63, 3.8) is 0 Å². The molecule has 0 bridgehead atoms. The standard InChI is InChI=1S/C11H12F2INO/c1-6(2)5-15-11(16)7-3-10(14)9(13)4-8(7)12/h3-4,6H,5H2,1-2H3,(H,15,16). The van der Waals surface area contributed by atoms with Gasteiger partial charge < -0.3 is 5.32 Å². The molecule has 0 fully saturated rings. The lowest BCUT2D eigenvalue weighted by Gasteiger charge is -2.08. The number of benzene rings is 1. The van der Waals surface area contributed by atoms with Crippen LogP contribution in [0, 0.1) is 21.1 Å². The molecule has 0 aliphatic heterocycles. The molecular weight excluding hydrogens is 327 g/mol. The molecule has 16 heavy (non-hydrogen) atoms. The van der Waals surface area contributed by atoms with Crippen molar-refractivity contribution in [2.24, 2.45) is 5.92 Å². The van der Waals surface area contributed by atoms with Gasteiger partial charge in [-0.05, 0) is 34.6 Å². The highest BCUT2D eigenvalue weighted by atomic mass is 127. The molecule has 88 valence electrons. The third-order valence-corrected chi connectivity index (χ3v) is 2.75. The van der Waals surface area contributed by atoms with Gasteiger partial charge >= 0.3 is 0 Å². The maximum atomic E-state index is 13.3. The lowest BCUT2D eigenvalue weighted by Crippen LogP contribution is -2.28. The van der Waals surface area contributed by atoms with E-state index in [1.54, 1.807) is 22.6 Å². The maximum absolute atomic E-state index is 13.3. The number of hydrogen-bond donors (Lipinski definition) is 1. The van der Waals surface area contributed by atoms with Crippen LogP contribution in [0.15, 0.2) is 12.1 Å². The van der Waals surface area contributed by atoms with Crippen molar-refractivity contribution in [2.45, 2.75) is 13.8 Å². The van der Waals surface area contributed by atoms with Crippen molar-refractivity contribution in [1.29, 1.82) is 0 Å². The number of carbonyl (C=O) groups is 1. The Bertz CT molecular complexity index is 407. The summed E-state index contributed by atoms with van der Waals surface area (Å²) in [6, 6.07) is 1.94. The highest BCUT2D eigenvalue weighted by Gasteiger charge is 2.14. The summed E-state index contributed by atoms with van der Waals surface area (Å²) in [7, 11) is 0. The summed E-state index contributed by atoms with van der Waals surface area (Å²) in [5.74, 6) is -1.71. The second kappa shape index (κ2) is 5.56. The van der Waals surface area contributed by atoms with Gasteiger partial charge in [0, 0.05) is 16.2 Å². The van der Waals surface area contributed by atoms with Gasteiger partial charge in [-0.3, -0.25) is 4.79 Å². The van der Waals surface area contributed by atoms with E-state index in [4.69, 9.17) is 0 Å². The van der Waals surface area contributed by atoms with Crippen molar-refractivity contribution in [3.8, 4) is 0 Å². The first kappa shape index (κ1) is 13.3. The van der Waals surface area contributed by atoms with E-state index in [1.165, 1.54) is 6.07 Å². The first-order chi connectivity index (χ1) is 7.41. The van der Waals surface area contributed by atoms with E-state index in [1.807, 2.05) is 13.8 Å². The smallest absolute Gasteiger partial charge is 0.254 e. The van der Waals surface area contributed by atoms with E-state index in [-0.39, 0.29) is 15.1 Å². The molecule has 0 unspecified atom stereocenters. The zero-order chi connectivity index (χ0) is 12.3. The molecule has 0 radical (unpaired) electrons. The number of amides is 1. The van der Waals surface area contributed by atoms with Crippen LogP contribution in [0.5, 0.6) is 0 Å². The number of carbonyl (C=O) groups excluding carboxylic acids is 1. The molecule has 1 amide bonds. The van der Waals surface area contributed by atoms with Crippen LogP contribution in [0.2, 0.25) is 0 Å². The van der Waals surface area contributed by atoms with Gasteiger partial charge in [-0.2, -0.15) is 0 Å². The van der Waals surface area contributed by atoms with Gasteiger partial charge in [-0.15, -0.1) is 0 Å². The highest BCUT2D eigenvalue weighted by Crippen LogP contribution is 2.16. The number of rotatable bonds is 3. The van der Waals surface area contributed by atoms with Crippen LogP contribution >= 0.6 is 22.6 Å². The Morgan fingerprint density at radius 2 is 2.00 bits per heavy atom. The van der Waals surface area contributed by atoms with Gasteiger partial charge in [-0.25, -0.2) is 8.78 Å². The summed E-state index contributed by atoms with van der Waals surface area (Å²) in [4.78, 5) is 11.6.